The highest BCUT2D eigenvalue weighted by Gasteiger charge is 2.31. The average Bonchev–Trinajstić information content (AvgIpc) is 3.24. The average molecular weight is 499 g/mol. The molecular formula is C27H24F3NO5. The van der Waals surface area contributed by atoms with Gasteiger partial charge in [-0.25, -0.2) is 4.79 Å². The fraction of sp³-hybridized carbons (Fsp3) is 0.259. The molecule has 0 unspecified atom stereocenters. The lowest BCUT2D eigenvalue weighted by Crippen LogP contribution is -2.25. The van der Waals surface area contributed by atoms with Crippen molar-refractivity contribution in [3.63, 3.8) is 0 Å². The summed E-state index contributed by atoms with van der Waals surface area (Å²) < 4.78 is 51.0. The highest BCUT2D eigenvalue weighted by Crippen LogP contribution is 2.35. The van der Waals surface area contributed by atoms with Gasteiger partial charge in [0.2, 0.25) is 0 Å². The summed E-state index contributed by atoms with van der Waals surface area (Å²) in [5, 5.41) is 11.5. The number of halogens is 3. The van der Waals surface area contributed by atoms with Gasteiger partial charge in [0, 0.05) is 18.0 Å². The van der Waals surface area contributed by atoms with Gasteiger partial charge in [0.15, 0.2) is 0 Å². The summed E-state index contributed by atoms with van der Waals surface area (Å²) in [4.78, 5) is 23.3. The van der Waals surface area contributed by atoms with E-state index in [4.69, 9.17) is 14.6 Å². The normalized spacial score (nSPS) is 14.7. The summed E-state index contributed by atoms with van der Waals surface area (Å²) in [6, 6.07) is 17.2. The number of ether oxygens (including phenoxy) is 2. The maximum atomic E-state index is 13.3. The fourth-order valence-corrected chi connectivity index (χ4v) is 4.23. The molecule has 0 saturated carbocycles. The lowest BCUT2D eigenvalue weighted by atomic mass is 10.0. The van der Waals surface area contributed by atoms with Crippen LogP contribution >= 0.6 is 0 Å². The molecule has 188 valence electrons. The van der Waals surface area contributed by atoms with Crippen LogP contribution in [-0.4, -0.2) is 23.8 Å². The van der Waals surface area contributed by atoms with Crippen molar-refractivity contribution in [3.8, 4) is 11.5 Å². The van der Waals surface area contributed by atoms with Gasteiger partial charge in [0.05, 0.1) is 12.0 Å². The second kappa shape index (κ2) is 10.7. The lowest BCUT2D eigenvalue weighted by molar-refractivity contribution is -0.138. The lowest BCUT2D eigenvalue weighted by Gasteiger charge is -2.16. The summed E-state index contributed by atoms with van der Waals surface area (Å²) in [5.74, 6) is -0.582. The van der Waals surface area contributed by atoms with E-state index in [1.54, 1.807) is 18.2 Å². The predicted molar refractivity (Wildman–Crippen MR) is 125 cm³/mol. The van der Waals surface area contributed by atoms with Crippen molar-refractivity contribution >= 4 is 12.1 Å². The van der Waals surface area contributed by atoms with Gasteiger partial charge in [-0.2, -0.15) is 13.2 Å². The SMILES string of the molecule is O=C(O)Cc1cccc(Oc2ccc(C(F)(F)F)cc2CNC(=O)OC[C@@H]2CCc3ccccc32)c1. The molecule has 6 nitrogen and oxygen atoms in total. The molecule has 3 aromatic carbocycles. The van der Waals surface area contributed by atoms with Crippen LogP contribution in [0.15, 0.2) is 66.7 Å². The van der Waals surface area contributed by atoms with E-state index in [0.717, 1.165) is 30.5 Å². The monoisotopic (exact) mass is 499 g/mol. The van der Waals surface area contributed by atoms with Crippen LogP contribution in [0.5, 0.6) is 11.5 Å². The fourth-order valence-electron chi connectivity index (χ4n) is 4.23. The van der Waals surface area contributed by atoms with Crippen LogP contribution in [0.1, 0.15) is 40.2 Å². The van der Waals surface area contributed by atoms with Gasteiger partial charge in [0.25, 0.3) is 0 Å². The molecule has 3 aromatic rings. The van der Waals surface area contributed by atoms with E-state index >= 15 is 0 Å². The zero-order chi connectivity index (χ0) is 25.7. The maximum absolute atomic E-state index is 13.3. The van der Waals surface area contributed by atoms with Gasteiger partial charge < -0.3 is 19.9 Å². The van der Waals surface area contributed by atoms with Crippen molar-refractivity contribution < 1.29 is 37.3 Å². The Kier molecular flexibility index (Phi) is 7.47. The second-order valence-corrected chi connectivity index (χ2v) is 8.53. The zero-order valence-electron chi connectivity index (χ0n) is 19.2. The number of nitrogens with one attached hydrogen (secondary N) is 1. The number of aryl methyl sites for hydroxylation is 1. The van der Waals surface area contributed by atoms with Crippen molar-refractivity contribution in [1.82, 2.24) is 5.32 Å². The van der Waals surface area contributed by atoms with Crippen molar-refractivity contribution in [2.45, 2.75) is 37.9 Å². The Balaban J connectivity index is 1.44. The second-order valence-electron chi connectivity index (χ2n) is 8.53. The first-order valence-electron chi connectivity index (χ1n) is 11.4. The molecule has 0 bridgehead atoms. The number of carboxylic acid groups (broad SMARTS) is 1. The summed E-state index contributed by atoms with van der Waals surface area (Å²) >= 11 is 0. The number of fused-ring (bicyclic) bond motifs is 1. The van der Waals surface area contributed by atoms with Crippen LogP contribution in [-0.2, 0) is 35.1 Å². The Morgan fingerprint density at radius 3 is 2.61 bits per heavy atom. The Hall–Kier alpha value is -4.01. The molecule has 1 aliphatic rings. The molecule has 2 N–H and O–H groups in total. The highest BCUT2D eigenvalue weighted by atomic mass is 19.4. The third-order valence-corrected chi connectivity index (χ3v) is 5.97. The minimum absolute atomic E-state index is 0.0810. The Labute approximate surface area is 205 Å². The van der Waals surface area contributed by atoms with Gasteiger partial charge >= 0.3 is 18.2 Å². The largest absolute Gasteiger partial charge is 0.481 e. The Bertz CT molecular complexity index is 1260. The molecule has 1 atom stereocenters. The molecule has 0 fully saturated rings. The summed E-state index contributed by atoms with van der Waals surface area (Å²) in [5.41, 5.74) is 2.05. The van der Waals surface area contributed by atoms with E-state index in [0.29, 0.717) is 5.56 Å². The number of hydrogen-bond acceptors (Lipinski definition) is 4. The molecule has 9 heteroatoms. The first kappa shape index (κ1) is 25.1. The van der Waals surface area contributed by atoms with Gasteiger partial charge in [0.1, 0.15) is 18.1 Å². The molecule has 0 radical (unpaired) electrons. The van der Waals surface area contributed by atoms with E-state index in [1.165, 1.54) is 17.7 Å². The third-order valence-electron chi connectivity index (χ3n) is 5.97. The van der Waals surface area contributed by atoms with Crippen molar-refractivity contribution in [2.24, 2.45) is 0 Å². The number of aliphatic carboxylic acids is 1. The number of hydrogen-bond donors (Lipinski definition) is 2. The predicted octanol–water partition coefficient (Wildman–Crippen LogP) is 6.08. The molecule has 0 spiro atoms. The van der Waals surface area contributed by atoms with E-state index in [1.807, 2.05) is 24.3 Å². The molecule has 0 saturated heterocycles. The molecule has 1 amide bonds. The number of rotatable bonds is 8. The highest BCUT2D eigenvalue weighted by molar-refractivity contribution is 5.70. The van der Waals surface area contributed by atoms with Gasteiger partial charge in [-0.1, -0.05) is 36.4 Å². The molecule has 0 aromatic heterocycles. The number of amides is 1. The van der Waals surface area contributed by atoms with Crippen LogP contribution in [0, 0.1) is 0 Å². The van der Waals surface area contributed by atoms with Crippen LogP contribution in [0.4, 0.5) is 18.0 Å². The number of carbonyl (C=O) groups excluding carboxylic acids is 1. The van der Waals surface area contributed by atoms with Gasteiger partial charge in [-0.3, -0.25) is 4.79 Å². The minimum Gasteiger partial charge on any atom is -0.481 e. The van der Waals surface area contributed by atoms with Crippen LogP contribution in [0.25, 0.3) is 0 Å². The minimum atomic E-state index is -4.58. The van der Waals surface area contributed by atoms with Gasteiger partial charge in [-0.05, 0) is 59.9 Å². The number of carboxylic acids is 1. The summed E-state index contributed by atoms with van der Waals surface area (Å²) in [6.07, 6.45) is -3.78. The quantitative estimate of drug-likeness (QED) is 0.392. The number of alkyl halides is 3. The molecular weight excluding hydrogens is 475 g/mol. The van der Waals surface area contributed by atoms with Crippen LogP contribution in [0.3, 0.4) is 0 Å². The van der Waals surface area contributed by atoms with Crippen molar-refractivity contribution in [1.29, 1.82) is 0 Å². The zero-order valence-corrected chi connectivity index (χ0v) is 19.2. The van der Waals surface area contributed by atoms with Crippen LogP contribution in [0.2, 0.25) is 0 Å². The summed E-state index contributed by atoms with van der Waals surface area (Å²) in [6.45, 7) is -0.0840. The smallest absolute Gasteiger partial charge is 0.416 e. The maximum Gasteiger partial charge on any atom is 0.416 e. The summed E-state index contributed by atoms with van der Waals surface area (Å²) in [7, 11) is 0. The number of alkyl carbamates (subject to hydrolysis) is 1. The Morgan fingerprint density at radius 2 is 1.83 bits per heavy atom. The molecule has 4 rings (SSSR count). The third kappa shape index (κ3) is 6.35. The standard InChI is InChI=1S/C27H24F3NO5/c28-27(29,30)21-10-11-24(36-22-6-3-4-17(12-22)13-25(32)33)20(14-21)15-31-26(34)35-16-19-9-8-18-5-1-2-7-23(18)19/h1-7,10-12,14,19H,8-9,13,15-16H2,(H,31,34)(H,32,33)/t19-/m0/s1. The number of benzene rings is 3. The number of carbonyl (C=O) groups is 2. The molecule has 1 aliphatic carbocycles. The van der Waals surface area contributed by atoms with Gasteiger partial charge in [-0.15, -0.1) is 0 Å². The first-order chi connectivity index (χ1) is 17.2. The first-order valence-corrected chi connectivity index (χ1v) is 11.4. The van der Waals surface area contributed by atoms with E-state index < -0.39 is 23.8 Å². The van der Waals surface area contributed by atoms with E-state index in [2.05, 4.69) is 5.32 Å². The van der Waals surface area contributed by atoms with Crippen LogP contribution < -0.4 is 10.1 Å². The molecule has 0 aliphatic heterocycles. The van der Waals surface area contributed by atoms with Crippen molar-refractivity contribution in [2.75, 3.05) is 6.61 Å². The topological polar surface area (TPSA) is 84.9 Å². The molecule has 36 heavy (non-hydrogen) atoms. The molecule has 0 heterocycles. The Morgan fingerprint density at radius 1 is 1.03 bits per heavy atom. The van der Waals surface area contributed by atoms with E-state index in [9.17, 15) is 22.8 Å². The van der Waals surface area contributed by atoms with Crippen molar-refractivity contribution in [3.05, 3.63) is 94.5 Å². The van der Waals surface area contributed by atoms with E-state index in [-0.39, 0.29) is 42.6 Å².